The highest BCUT2D eigenvalue weighted by Crippen LogP contribution is 2.32. The van der Waals surface area contributed by atoms with Crippen LogP contribution >= 0.6 is 0 Å². The van der Waals surface area contributed by atoms with Crippen LogP contribution in [0, 0.1) is 0 Å². The standard InChI is InChI=1S/C13H17N3O/c1-13(2,3)11-8-6-5-7-9(17-4)10(8)15-12(14)16-11/h5-7H,1-4H3,(H2,14,15,16). The number of benzene rings is 1. The fourth-order valence-corrected chi connectivity index (χ4v) is 1.88. The third-order valence-corrected chi connectivity index (χ3v) is 2.64. The van der Waals surface area contributed by atoms with Crippen molar-refractivity contribution in [2.45, 2.75) is 26.2 Å². The molecule has 0 aliphatic heterocycles. The highest BCUT2D eigenvalue weighted by molar-refractivity contribution is 5.87. The molecule has 0 spiro atoms. The molecule has 2 N–H and O–H groups in total. The normalized spacial score (nSPS) is 11.8. The quantitative estimate of drug-likeness (QED) is 0.819. The number of fused-ring (bicyclic) bond motifs is 1. The zero-order valence-electron chi connectivity index (χ0n) is 10.6. The number of hydrogen-bond donors (Lipinski definition) is 1. The van der Waals surface area contributed by atoms with Crippen LogP contribution in [0.2, 0.25) is 0 Å². The van der Waals surface area contributed by atoms with Crippen molar-refractivity contribution >= 4 is 16.9 Å². The fourth-order valence-electron chi connectivity index (χ4n) is 1.88. The molecule has 17 heavy (non-hydrogen) atoms. The van der Waals surface area contributed by atoms with Crippen molar-refractivity contribution < 1.29 is 4.74 Å². The molecule has 0 aliphatic carbocycles. The summed E-state index contributed by atoms with van der Waals surface area (Å²) in [5, 5.41) is 0.992. The lowest BCUT2D eigenvalue weighted by atomic mass is 9.89. The molecular formula is C13H17N3O. The highest BCUT2D eigenvalue weighted by Gasteiger charge is 2.21. The first kappa shape index (κ1) is 11.6. The van der Waals surface area contributed by atoms with Crippen LogP contribution in [0.15, 0.2) is 18.2 Å². The number of aromatic nitrogens is 2. The summed E-state index contributed by atoms with van der Waals surface area (Å²) >= 11 is 0. The van der Waals surface area contributed by atoms with Gasteiger partial charge >= 0.3 is 0 Å². The van der Waals surface area contributed by atoms with Gasteiger partial charge in [-0.25, -0.2) is 9.97 Å². The van der Waals surface area contributed by atoms with Gasteiger partial charge < -0.3 is 10.5 Å². The molecule has 90 valence electrons. The van der Waals surface area contributed by atoms with Gasteiger partial charge in [0.1, 0.15) is 11.3 Å². The van der Waals surface area contributed by atoms with Crippen LogP contribution in [0.4, 0.5) is 5.95 Å². The van der Waals surface area contributed by atoms with Crippen LogP contribution in [0.3, 0.4) is 0 Å². The van der Waals surface area contributed by atoms with E-state index in [1.807, 2.05) is 18.2 Å². The second-order valence-corrected chi connectivity index (χ2v) is 5.04. The minimum atomic E-state index is -0.0817. The molecule has 0 atom stereocenters. The lowest BCUT2D eigenvalue weighted by Gasteiger charge is -2.20. The fraction of sp³-hybridized carbons (Fsp3) is 0.385. The van der Waals surface area contributed by atoms with E-state index in [9.17, 15) is 0 Å². The van der Waals surface area contributed by atoms with Crippen LogP contribution in [-0.2, 0) is 5.41 Å². The van der Waals surface area contributed by atoms with E-state index in [0.717, 1.165) is 22.3 Å². The number of para-hydroxylation sites is 1. The number of nitrogens with zero attached hydrogens (tertiary/aromatic N) is 2. The molecule has 0 bridgehead atoms. The van der Waals surface area contributed by atoms with Crippen molar-refractivity contribution in [3.05, 3.63) is 23.9 Å². The smallest absolute Gasteiger partial charge is 0.220 e. The monoisotopic (exact) mass is 231 g/mol. The van der Waals surface area contributed by atoms with Gasteiger partial charge in [0.05, 0.1) is 12.8 Å². The molecule has 4 heteroatoms. The summed E-state index contributed by atoms with van der Waals surface area (Å²) in [6, 6.07) is 5.81. The molecule has 0 aliphatic rings. The average Bonchev–Trinajstić information content (AvgIpc) is 2.26. The maximum Gasteiger partial charge on any atom is 0.220 e. The predicted molar refractivity (Wildman–Crippen MR) is 69.2 cm³/mol. The molecule has 1 aromatic heterocycles. The number of ether oxygens (including phenoxy) is 1. The number of rotatable bonds is 1. The Bertz CT molecular complexity index is 558. The number of anilines is 1. The molecule has 0 amide bonds. The van der Waals surface area contributed by atoms with Gasteiger partial charge in [0.25, 0.3) is 0 Å². The number of methoxy groups -OCH3 is 1. The van der Waals surface area contributed by atoms with Crippen LogP contribution in [-0.4, -0.2) is 17.1 Å². The van der Waals surface area contributed by atoms with Crippen molar-refractivity contribution in [2.24, 2.45) is 0 Å². The molecule has 2 rings (SSSR count). The first-order valence-electron chi connectivity index (χ1n) is 5.54. The minimum Gasteiger partial charge on any atom is -0.494 e. The molecule has 1 heterocycles. The van der Waals surface area contributed by atoms with E-state index in [0.29, 0.717) is 0 Å². The second-order valence-electron chi connectivity index (χ2n) is 5.04. The van der Waals surface area contributed by atoms with Gasteiger partial charge in [-0.3, -0.25) is 0 Å². The maximum absolute atomic E-state index is 5.77. The zero-order chi connectivity index (χ0) is 12.6. The minimum absolute atomic E-state index is 0.0817. The molecule has 0 saturated heterocycles. The molecule has 4 nitrogen and oxygen atoms in total. The van der Waals surface area contributed by atoms with Gasteiger partial charge in [-0.1, -0.05) is 32.9 Å². The van der Waals surface area contributed by atoms with E-state index < -0.39 is 0 Å². The summed E-state index contributed by atoms with van der Waals surface area (Å²) in [5.74, 6) is 1.01. The summed E-state index contributed by atoms with van der Waals surface area (Å²) in [6.45, 7) is 6.31. The Morgan fingerprint density at radius 2 is 1.88 bits per heavy atom. The second kappa shape index (κ2) is 3.87. The van der Waals surface area contributed by atoms with Crippen molar-refractivity contribution in [3.8, 4) is 5.75 Å². The van der Waals surface area contributed by atoms with Gasteiger partial charge in [0, 0.05) is 10.8 Å². The van der Waals surface area contributed by atoms with Gasteiger partial charge in [-0.15, -0.1) is 0 Å². The van der Waals surface area contributed by atoms with Crippen molar-refractivity contribution in [3.63, 3.8) is 0 Å². The number of nitrogens with two attached hydrogens (primary N) is 1. The van der Waals surface area contributed by atoms with E-state index in [1.54, 1.807) is 7.11 Å². The maximum atomic E-state index is 5.77. The summed E-state index contributed by atoms with van der Waals surface area (Å²) in [5.41, 5.74) is 7.40. The van der Waals surface area contributed by atoms with E-state index in [2.05, 4.69) is 30.7 Å². The first-order valence-corrected chi connectivity index (χ1v) is 5.54. The summed E-state index contributed by atoms with van der Waals surface area (Å²) in [7, 11) is 1.63. The van der Waals surface area contributed by atoms with Gasteiger partial charge in [-0.2, -0.15) is 0 Å². The molecule has 0 radical (unpaired) electrons. The molecule has 0 fully saturated rings. The number of hydrogen-bond acceptors (Lipinski definition) is 4. The predicted octanol–water partition coefficient (Wildman–Crippen LogP) is 2.52. The number of nitrogen functional groups attached to an aromatic ring is 1. The molecular weight excluding hydrogens is 214 g/mol. The van der Waals surface area contributed by atoms with Crippen LogP contribution in [0.25, 0.3) is 10.9 Å². The Balaban J connectivity index is 2.86. The highest BCUT2D eigenvalue weighted by atomic mass is 16.5. The lowest BCUT2D eigenvalue weighted by Crippen LogP contribution is -2.16. The van der Waals surface area contributed by atoms with Crippen LogP contribution < -0.4 is 10.5 Å². The summed E-state index contributed by atoms with van der Waals surface area (Å²) in [6.07, 6.45) is 0. The largest absolute Gasteiger partial charge is 0.494 e. The summed E-state index contributed by atoms with van der Waals surface area (Å²) < 4.78 is 5.30. The van der Waals surface area contributed by atoms with E-state index in [1.165, 1.54) is 0 Å². The summed E-state index contributed by atoms with van der Waals surface area (Å²) in [4.78, 5) is 8.62. The lowest BCUT2D eigenvalue weighted by molar-refractivity contribution is 0.418. The van der Waals surface area contributed by atoms with Gasteiger partial charge in [0.2, 0.25) is 5.95 Å². The molecule has 2 aromatic rings. The Kier molecular flexibility index (Phi) is 2.65. The molecule has 1 aromatic carbocycles. The Hall–Kier alpha value is -1.84. The Morgan fingerprint density at radius 3 is 2.47 bits per heavy atom. The first-order chi connectivity index (χ1) is 7.93. The molecule has 0 unspecified atom stereocenters. The Labute approximate surface area is 101 Å². The van der Waals surface area contributed by atoms with Crippen LogP contribution in [0.5, 0.6) is 5.75 Å². The zero-order valence-corrected chi connectivity index (χ0v) is 10.6. The molecule has 0 saturated carbocycles. The third kappa shape index (κ3) is 2.02. The van der Waals surface area contributed by atoms with Gasteiger partial charge in [0.15, 0.2) is 0 Å². The van der Waals surface area contributed by atoms with Crippen molar-refractivity contribution in [1.82, 2.24) is 9.97 Å². The third-order valence-electron chi connectivity index (χ3n) is 2.64. The Morgan fingerprint density at radius 1 is 1.18 bits per heavy atom. The van der Waals surface area contributed by atoms with E-state index in [4.69, 9.17) is 10.5 Å². The topological polar surface area (TPSA) is 61.0 Å². The van der Waals surface area contributed by atoms with Crippen molar-refractivity contribution in [1.29, 1.82) is 0 Å². The van der Waals surface area contributed by atoms with Gasteiger partial charge in [-0.05, 0) is 6.07 Å². The van der Waals surface area contributed by atoms with E-state index >= 15 is 0 Å². The van der Waals surface area contributed by atoms with Crippen LogP contribution in [0.1, 0.15) is 26.5 Å². The average molecular weight is 231 g/mol. The van der Waals surface area contributed by atoms with E-state index in [-0.39, 0.29) is 11.4 Å². The van der Waals surface area contributed by atoms with Crippen molar-refractivity contribution in [2.75, 3.05) is 12.8 Å². The SMILES string of the molecule is COc1cccc2c(C(C)(C)C)nc(N)nc12.